The molecule has 3 heteroatoms. The van der Waals surface area contributed by atoms with Gasteiger partial charge >= 0.3 is 0 Å². The fourth-order valence-electron chi connectivity index (χ4n) is 5.79. The summed E-state index contributed by atoms with van der Waals surface area (Å²) >= 11 is 0. The van der Waals surface area contributed by atoms with Gasteiger partial charge in [-0.2, -0.15) is 0 Å². The minimum absolute atomic E-state index is 0.523. The van der Waals surface area contributed by atoms with Crippen molar-refractivity contribution in [2.24, 2.45) is 23.2 Å². The summed E-state index contributed by atoms with van der Waals surface area (Å²) in [5.74, 6) is 4.34. The first-order valence-electron chi connectivity index (χ1n) is 8.85. The van der Waals surface area contributed by atoms with Crippen LogP contribution in [0.15, 0.2) is 12.4 Å². The summed E-state index contributed by atoms with van der Waals surface area (Å²) in [6.45, 7) is 6.52. The van der Waals surface area contributed by atoms with Crippen molar-refractivity contribution < 1.29 is 0 Å². The van der Waals surface area contributed by atoms with Gasteiger partial charge in [0.1, 0.15) is 5.82 Å². The number of nitrogens with zero attached hydrogens (tertiary/aromatic N) is 2. The molecule has 1 aromatic rings. The van der Waals surface area contributed by atoms with Gasteiger partial charge in [-0.3, -0.25) is 0 Å². The Morgan fingerprint density at radius 2 is 1.81 bits per heavy atom. The highest BCUT2D eigenvalue weighted by atomic mass is 15.1. The molecule has 1 N–H and O–H groups in total. The molecular weight excluding hydrogens is 258 g/mol. The first-order valence-corrected chi connectivity index (χ1v) is 8.85. The quantitative estimate of drug-likeness (QED) is 0.897. The summed E-state index contributed by atoms with van der Waals surface area (Å²) in [7, 11) is 0. The fraction of sp³-hybridized carbons (Fsp3) is 0.833. The van der Waals surface area contributed by atoms with E-state index in [4.69, 9.17) is 0 Å². The van der Waals surface area contributed by atoms with Crippen molar-refractivity contribution >= 4 is 0 Å². The Hall–Kier alpha value is -0.830. The third-order valence-corrected chi connectivity index (χ3v) is 6.14. The van der Waals surface area contributed by atoms with E-state index in [2.05, 4.69) is 34.9 Å². The Bertz CT molecular complexity index is 467. The highest BCUT2D eigenvalue weighted by molar-refractivity contribution is 5.03. The molecule has 0 spiro atoms. The summed E-state index contributed by atoms with van der Waals surface area (Å²) in [5, 5.41) is 3.51. The second kappa shape index (κ2) is 5.12. The van der Waals surface area contributed by atoms with Crippen LogP contribution in [-0.4, -0.2) is 15.6 Å². The first kappa shape index (κ1) is 13.8. The van der Waals surface area contributed by atoms with Gasteiger partial charge in [-0.1, -0.05) is 13.8 Å². The first-order chi connectivity index (χ1) is 10.1. The summed E-state index contributed by atoms with van der Waals surface area (Å²) < 4.78 is 2.45. The van der Waals surface area contributed by atoms with Gasteiger partial charge in [0, 0.05) is 25.0 Å². The van der Waals surface area contributed by atoms with E-state index in [1.807, 2.05) is 6.20 Å². The Morgan fingerprint density at radius 1 is 1.19 bits per heavy atom. The molecule has 4 aliphatic rings. The van der Waals surface area contributed by atoms with E-state index in [0.717, 1.165) is 24.3 Å². The highest BCUT2D eigenvalue weighted by Crippen LogP contribution is 2.60. The van der Waals surface area contributed by atoms with Crippen LogP contribution >= 0.6 is 0 Å². The third kappa shape index (κ3) is 2.65. The van der Waals surface area contributed by atoms with E-state index < -0.39 is 0 Å². The van der Waals surface area contributed by atoms with Crippen molar-refractivity contribution in [1.82, 2.24) is 14.9 Å². The van der Waals surface area contributed by atoms with E-state index >= 15 is 0 Å². The normalized spacial score (nSPS) is 37.6. The molecule has 4 bridgehead atoms. The lowest BCUT2D eigenvalue weighted by molar-refractivity contribution is -0.0622. The maximum Gasteiger partial charge on any atom is 0.122 e. The molecule has 0 unspecified atom stereocenters. The Morgan fingerprint density at radius 3 is 2.38 bits per heavy atom. The van der Waals surface area contributed by atoms with Gasteiger partial charge in [0.25, 0.3) is 0 Å². The zero-order chi connectivity index (χ0) is 14.4. The lowest BCUT2D eigenvalue weighted by Gasteiger charge is -2.57. The van der Waals surface area contributed by atoms with E-state index in [0.29, 0.717) is 11.5 Å². The zero-order valence-electron chi connectivity index (χ0n) is 13.5. The van der Waals surface area contributed by atoms with Crippen LogP contribution in [0.4, 0.5) is 0 Å². The van der Waals surface area contributed by atoms with Crippen LogP contribution < -0.4 is 5.32 Å². The van der Waals surface area contributed by atoms with Crippen LogP contribution in [0.2, 0.25) is 0 Å². The van der Waals surface area contributed by atoms with Crippen LogP contribution in [-0.2, 0) is 13.1 Å². The molecule has 1 aromatic heterocycles. The largest absolute Gasteiger partial charge is 0.333 e. The smallest absolute Gasteiger partial charge is 0.122 e. The second-order valence-electron chi connectivity index (χ2n) is 8.42. The second-order valence-corrected chi connectivity index (χ2v) is 8.42. The average molecular weight is 287 g/mol. The van der Waals surface area contributed by atoms with Gasteiger partial charge in [0.2, 0.25) is 0 Å². The SMILES string of the molecule is CC(C)NCc1nccn1CC12CC3CC(CC(C3)C1)C2. The van der Waals surface area contributed by atoms with Gasteiger partial charge < -0.3 is 9.88 Å². The molecule has 5 rings (SSSR count). The molecule has 0 saturated heterocycles. The van der Waals surface area contributed by atoms with Crippen molar-refractivity contribution in [2.45, 2.75) is 71.5 Å². The molecule has 4 fully saturated rings. The number of aromatic nitrogens is 2. The minimum Gasteiger partial charge on any atom is -0.333 e. The molecule has 4 aliphatic carbocycles. The third-order valence-electron chi connectivity index (χ3n) is 6.14. The molecule has 0 radical (unpaired) electrons. The molecular formula is C18H29N3. The van der Waals surface area contributed by atoms with Gasteiger partial charge in [-0.15, -0.1) is 0 Å². The molecule has 3 nitrogen and oxygen atoms in total. The standard InChI is InChI=1S/C18H29N3/c1-13(2)20-11-17-19-3-4-21(17)12-18-8-14-5-15(9-18)7-16(6-14)10-18/h3-4,13-16,20H,5-12H2,1-2H3. The maximum absolute atomic E-state index is 4.59. The minimum atomic E-state index is 0.523. The highest BCUT2D eigenvalue weighted by Gasteiger charge is 2.50. The topological polar surface area (TPSA) is 29.9 Å². The van der Waals surface area contributed by atoms with Crippen LogP contribution in [0.25, 0.3) is 0 Å². The number of rotatable bonds is 5. The Kier molecular flexibility index (Phi) is 3.36. The number of hydrogen-bond acceptors (Lipinski definition) is 2. The molecule has 0 amide bonds. The average Bonchev–Trinajstić information content (AvgIpc) is 2.81. The molecule has 0 aliphatic heterocycles. The zero-order valence-corrected chi connectivity index (χ0v) is 13.5. The lowest BCUT2D eigenvalue weighted by Crippen LogP contribution is -2.48. The van der Waals surface area contributed by atoms with Gasteiger partial charge in [0.15, 0.2) is 0 Å². The predicted molar refractivity (Wildman–Crippen MR) is 84.8 cm³/mol. The molecule has 1 heterocycles. The Balaban J connectivity index is 1.50. The lowest BCUT2D eigenvalue weighted by atomic mass is 9.49. The van der Waals surface area contributed by atoms with Crippen LogP contribution in [0, 0.1) is 23.2 Å². The molecule has 4 saturated carbocycles. The number of imidazole rings is 1. The molecule has 0 atom stereocenters. The predicted octanol–water partition coefficient (Wildman–Crippen LogP) is 3.60. The molecule has 116 valence electrons. The monoisotopic (exact) mass is 287 g/mol. The van der Waals surface area contributed by atoms with E-state index in [9.17, 15) is 0 Å². The summed E-state index contributed by atoms with van der Waals surface area (Å²) in [5.41, 5.74) is 0.599. The van der Waals surface area contributed by atoms with Crippen molar-refractivity contribution in [1.29, 1.82) is 0 Å². The van der Waals surface area contributed by atoms with Gasteiger partial charge in [-0.25, -0.2) is 4.98 Å². The maximum atomic E-state index is 4.59. The number of nitrogens with one attached hydrogen (secondary N) is 1. The van der Waals surface area contributed by atoms with Crippen LogP contribution in [0.5, 0.6) is 0 Å². The van der Waals surface area contributed by atoms with Crippen LogP contribution in [0.3, 0.4) is 0 Å². The fourth-order valence-corrected chi connectivity index (χ4v) is 5.79. The van der Waals surface area contributed by atoms with E-state index in [1.165, 1.54) is 50.9 Å². The van der Waals surface area contributed by atoms with E-state index in [-0.39, 0.29) is 0 Å². The summed E-state index contributed by atoms with van der Waals surface area (Å²) in [6.07, 6.45) is 13.2. The molecule has 0 aromatic carbocycles. The van der Waals surface area contributed by atoms with Gasteiger partial charge in [-0.05, 0) is 61.7 Å². The Labute approximate surface area is 128 Å². The van der Waals surface area contributed by atoms with Crippen molar-refractivity contribution in [3.05, 3.63) is 18.2 Å². The van der Waals surface area contributed by atoms with Gasteiger partial charge in [0.05, 0.1) is 6.54 Å². The number of hydrogen-bond donors (Lipinski definition) is 1. The van der Waals surface area contributed by atoms with Crippen molar-refractivity contribution in [2.75, 3.05) is 0 Å². The molecule has 21 heavy (non-hydrogen) atoms. The van der Waals surface area contributed by atoms with Crippen molar-refractivity contribution in [3.8, 4) is 0 Å². The van der Waals surface area contributed by atoms with Crippen molar-refractivity contribution in [3.63, 3.8) is 0 Å². The van der Waals surface area contributed by atoms with E-state index in [1.54, 1.807) is 0 Å². The summed E-state index contributed by atoms with van der Waals surface area (Å²) in [6, 6.07) is 0.523. The summed E-state index contributed by atoms with van der Waals surface area (Å²) in [4.78, 5) is 4.59. The van der Waals surface area contributed by atoms with Crippen LogP contribution in [0.1, 0.15) is 58.2 Å².